The maximum atomic E-state index is 10.5. The van der Waals surface area contributed by atoms with Gasteiger partial charge in [0.15, 0.2) is 6.10 Å². The van der Waals surface area contributed by atoms with Crippen LogP contribution in [-0.4, -0.2) is 23.3 Å². The number of aliphatic carboxylic acids is 1. The van der Waals surface area contributed by atoms with Crippen LogP contribution in [0.15, 0.2) is 12.7 Å². The Bertz CT molecular complexity index is 140. The van der Waals surface area contributed by atoms with Crippen molar-refractivity contribution in [3.8, 4) is 0 Å². The lowest BCUT2D eigenvalue weighted by molar-refractivity contribution is -0.152. The summed E-state index contributed by atoms with van der Waals surface area (Å²) in [5.41, 5.74) is 0. The molecule has 0 amide bonds. The Morgan fingerprint density at radius 2 is 2.27 bits per heavy atom. The lowest BCUT2D eigenvalue weighted by Gasteiger charge is -2.14. The summed E-state index contributed by atoms with van der Waals surface area (Å²) in [5, 5.41) is 8.58. The number of hydrogen-bond donors (Lipinski definition) is 1. The summed E-state index contributed by atoms with van der Waals surface area (Å²) in [6, 6.07) is 0. The number of carbonyl (C=O) groups is 1. The first kappa shape index (κ1) is 10.2. The zero-order valence-electron chi connectivity index (χ0n) is 6.91. The van der Waals surface area contributed by atoms with Crippen LogP contribution in [0.2, 0.25) is 0 Å². The molecule has 0 radical (unpaired) electrons. The minimum absolute atomic E-state index is 0.0592. The molecule has 0 bridgehead atoms. The first-order chi connectivity index (χ1) is 5.07. The van der Waals surface area contributed by atoms with Crippen molar-refractivity contribution in [2.45, 2.75) is 32.5 Å². The average molecular weight is 158 g/mol. The van der Waals surface area contributed by atoms with Crippen LogP contribution in [0.5, 0.6) is 0 Å². The van der Waals surface area contributed by atoms with E-state index in [0.717, 1.165) is 0 Å². The second kappa shape index (κ2) is 4.91. The van der Waals surface area contributed by atoms with Crippen LogP contribution < -0.4 is 0 Å². The van der Waals surface area contributed by atoms with E-state index in [9.17, 15) is 4.79 Å². The number of hydrogen-bond acceptors (Lipinski definition) is 2. The van der Waals surface area contributed by atoms with E-state index in [1.807, 2.05) is 0 Å². The van der Waals surface area contributed by atoms with Crippen molar-refractivity contribution >= 4 is 5.97 Å². The van der Waals surface area contributed by atoms with Crippen molar-refractivity contribution in [1.82, 2.24) is 0 Å². The largest absolute Gasteiger partial charge is 0.479 e. The summed E-state index contributed by atoms with van der Waals surface area (Å²) in [6.07, 6.45) is 1.10. The van der Waals surface area contributed by atoms with Crippen LogP contribution >= 0.6 is 0 Å². The number of carboxylic acids is 1. The minimum Gasteiger partial charge on any atom is -0.479 e. The predicted octanol–water partition coefficient (Wildman–Crippen LogP) is 1.44. The quantitative estimate of drug-likeness (QED) is 0.616. The standard InChI is InChI=1S/C8H14O3/c1-4-5-7(8(9)10)11-6(2)3/h4,6-7H,1,5H2,2-3H3,(H,9,10). The zero-order valence-corrected chi connectivity index (χ0v) is 6.91. The summed E-state index contributed by atoms with van der Waals surface area (Å²) in [4.78, 5) is 10.5. The molecule has 0 saturated heterocycles. The third-order valence-corrected chi connectivity index (χ3v) is 1.09. The lowest BCUT2D eigenvalue weighted by atomic mass is 10.2. The molecule has 0 fully saturated rings. The normalized spacial score (nSPS) is 13.0. The molecule has 0 aromatic heterocycles. The molecule has 3 nitrogen and oxygen atoms in total. The van der Waals surface area contributed by atoms with Gasteiger partial charge < -0.3 is 9.84 Å². The molecule has 11 heavy (non-hydrogen) atoms. The maximum Gasteiger partial charge on any atom is 0.333 e. The zero-order chi connectivity index (χ0) is 8.85. The van der Waals surface area contributed by atoms with Crippen molar-refractivity contribution < 1.29 is 14.6 Å². The number of ether oxygens (including phenoxy) is 1. The van der Waals surface area contributed by atoms with Crippen LogP contribution in [0.25, 0.3) is 0 Å². The summed E-state index contributed by atoms with van der Waals surface area (Å²) >= 11 is 0. The lowest BCUT2D eigenvalue weighted by Crippen LogP contribution is -2.26. The molecule has 64 valence electrons. The SMILES string of the molecule is C=CCC(OC(C)C)C(=O)O. The molecular weight excluding hydrogens is 144 g/mol. The fraction of sp³-hybridized carbons (Fsp3) is 0.625. The molecule has 1 unspecified atom stereocenters. The molecule has 0 aliphatic carbocycles. The Kier molecular flexibility index (Phi) is 4.54. The number of rotatable bonds is 5. The molecule has 3 heteroatoms. The molecule has 0 aromatic rings. The van der Waals surface area contributed by atoms with Crippen molar-refractivity contribution in [2.24, 2.45) is 0 Å². The fourth-order valence-electron chi connectivity index (χ4n) is 0.694. The van der Waals surface area contributed by atoms with Gasteiger partial charge in [0, 0.05) is 6.42 Å². The van der Waals surface area contributed by atoms with Gasteiger partial charge in [-0.05, 0) is 13.8 Å². The Labute approximate surface area is 66.7 Å². The second-order valence-corrected chi connectivity index (χ2v) is 2.54. The maximum absolute atomic E-state index is 10.5. The first-order valence-electron chi connectivity index (χ1n) is 3.57. The van der Waals surface area contributed by atoms with Crippen molar-refractivity contribution in [1.29, 1.82) is 0 Å². The Hall–Kier alpha value is -0.830. The topological polar surface area (TPSA) is 46.5 Å². The van der Waals surface area contributed by atoms with Crippen LogP contribution in [0.4, 0.5) is 0 Å². The Morgan fingerprint density at radius 3 is 2.55 bits per heavy atom. The first-order valence-corrected chi connectivity index (χ1v) is 3.57. The Morgan fingerprint density at radius 1 is 1.73 bits per heavy atom. The van der Waals surface area contributed by atoms with E-state index >= 15 is 0 Å². The summed E-state index contributed by atoms with van der Waals surface area (Å²) in [7, 11) is 0. The number of carboxylic acid groups (broad SMARTS) is 1. The van der Waals surface area contributed by atoms with E-state index in [1.54, 1.807) is 19.9 Å². The predicted molar refractivity (Wildman–Crippen MR) is 42.5 cm³/mol. The highest BCUT2D eigenvalue weighted by Crippen LogP contribution is 2.03. The molecule has 0 heterocycles. The van der Waals surface area contributed by atoms with Gasteiger partial charge >= 0.3 is 5.97 Å². The van der Waals surface area contributed by atoms with Gasteiger partial charge in [-0.3, -0.25) is 0 Å². The van der Waals surface area contributed by atoms with Crippen molar-refractivity contribution in [2.75, 3.05) is 0 Å². The van der Waals surface area contributed by atoms with E-state index in [0.29, 0.717) is 6.42 Å². The van der Waals surface area contributed by atoms with Gasteiger partial charge in [0.2, 0.25) is 0 Å². The smallest absolute Gasteiger partial charge is 0.333 e. The van der Waals surface area contributed by atoms with Gasteiger partial charge in [-0.1, -0.05) is 6.08 Å². The van der Waals surface area contributed by atoms with Crippen molar-refractivity contribution in [3.63, 3.8) is 0 Å². The second-order valence-electron chi connectivity index (χ2n) is 2.54. The summed E-state index contributed by atoms with van der Waals surface area (Å²) in [5.74, 6) is -0.932. The van der Waals surface area contributed by atoms with Gasteiger partial charge in [-0.25, -0.2) is 4.79 Å². The van der Waals surface area contributed by atoms with E-state index in [2.05, 4.69) is 6.58 Å². The molecule has 1 atom stereocenters. The molecule has 1 N–H and O–H groups in total. The van der Waals surface area contributed by atoms with Gasteiger partial charge in [0.05, 0.1) is 6.10 Å². The van der Waals surface area contributed by atoms with Crippen LogP contribution in [-0.2, 0) is 9.53 Å². The van der Waals surface area contributed by atoms with E-state index in [4.69, 9.17) is 9.84 Å². The van der Waals surface area contributed by atoms with E-state index in [1.165, 1.54) is 0 Å². The molecule has 0 spiro atoms. The van der Waals surface area contributed by atoms with Gasteiger partial charge in [0.25, 0.3) is 0 Å². The summed E-state index contributed by atoms with van der Waals surface area (Å²) in [6.45, 7) is 7.06. The molecule has 0 saturated carbocycles. The third-order valence-electron chi connectivity index (χ3n) is 1.09. The van der Waals surface area contributed by atoms with Gasteiger partial charge in [-0.15, -0.1) is 6.58 Å². The van der Waals surface area contributed by atoms with Crippen LogP contribution in [0, 0.1) is 0 Å². The summed E-state index contributed by atoms with van der Waals surface area (Å²) < 4.78 is 5.08. The third kappa shape index (κ3) is 4.56. The average Bonchev–Trinajstić information content (AvgIpc) is 1.86. The molecule has 0 aliphatic heterocycles. The van der Waals surface area contributed by atoms with Gasteiger partial charge in [0.1, 0.15) is 0 Å². The monoisotopic (exact) mass is 158 g/mol. The highest BCUT2D eigenvalue weighted by molar-refractivity contribution is 5.72. The van der Waals surface area contributed by atoms with Crippen LogP contribution in [0.3, 0.4) is 0 Å². The molecule has 0 aliphatic rings. The van der Waals surface area contributed by atoms with E-state index < -0.39 is 12.1 Å². The highest BCUT2D eigenvalue weighted by atomic mass is 16.5. The Balaban J connectivity index is 3.88. The molecule has 0 rings (SSSR count). The molecule has 0 aromatic carbocycles. The van der Waals surface area contributed by atoms with Crippen molar-refractivity contribution in [3.05, 3.63) is 12.7 Å². The van der Waals surface area contributed by atoms with Crippen LogP contribution in [0.1, 0.15) is 20.3 Å². The molecular formula is C8H14O3. The van der Waals surface area contributed by atoms with E-state index in [-0.39, 0.29) is 6.10 Å². The minimum atomic E-state index is -0.932. The highest BCUT2D eigenvalue weighted by Gasteiger charge is 2.16. The fourth-order valence-corrected chi connectivity index (χ4v) is 0.694. The van der Waals surface area contributed by atoms with Gasteiger partial charge in [-0.2, -0.15) is 0 Å².